The molecule has 6 heteroatoms. The second kappa shape index (κ2) is 4.39. The molecule has 5 nitrogen and oxygen atoms in total. The van der Waals surface area contributed by atoms with Crippen molar-refractivity contribution >= 4 is 21.6 Å². The number of para-hydroxylation sites is 1. The number of aliphatic hydroxyl groups is 1. The van der Waals surface area contributed by atoms with E-state index < -0.39 is 4.92 Å². The van der Waals surface area contributed by atoms with Crippen molar-refractivity contribution in [1.29, 1.82) is 0 Å². The lowest BCUT2D eigenvalue weighted by Gasteiger charge is -2.31. The monoisotopic (exact) mass is 287 g/mol. The highest BCUT2D eigenvalue weighted by Gasteiger charge is 2.31. The van der Waals surface area contributed by atoms with E-state index in [1.54, 1.807) is 12.1 Å². The Balaban J connectivity index is 2.21. The predicted molar refractivity (Wildman–Crippen MR) is 60.5 cm³/mol. The highest BCUT2D eigenvalue weighted by molar-refractivity contribution is 9.10. The van der Waals surface area contributed by atoms with E-state index in [9.17, 15) is 10.1 Å². The molecule has 0 aromatic heterocycles. The number of hydrogen-bond donors (Lipinski definition) is 1. The highest BCUT2D eigenvalue weighted by Crippen LogP contribution is 2.37. The van der Waals surface area contributed by atoms with Crippen molar-refractivity contribution in [3.05, 3.63) is 32.8 Å². The molecule has 0 aliphatic heterocycles. The van der Waals surface area contributed by atoms with Gasteiger partial charge in [-0.25, -0.2) is 0 Å². The van der Waals surface area contributed by atoms with Crippen LogP contribution < -0.4 is 4.74 Å². The normalized spacial score (nSPS) is 23.6. The summed E-state index contributed by atoms with van der Waals surface area (Å²) in [6.07, 6.45) is 0.579. The molecule has 0 heterocycles. The van der Waals surface area contributed by atoms with Crippen molar-refractivity contribution in [1.82, 2.24) is 0 Å². The Labute approximate surface area is 100 Å². The van der Waals surface area contributed by atoms with E-state index >= 15 is 0 Å². The Bertz CT molecular complexity index is 417. The number of nitro benzene ring substituents is 1. The summed E-state index contributed by atoms with van der Waals surface area (Å²) in [6, 6.07) is 4.68. The quantitative estimate of drug-likeness (QED) is 0.684. The summed E-state index contributed by atoms with van der Waals surface area (Å²) in [5.74, 6) is 0.240. The van der Waals surface area contributed by atoms with Gasteiger partial charge in [-0.1, -0.05) is 6.07 Å². The molecule has 86 valence electrons. The van der Waals surface area contributed by atoms with Crippen LogP contribution in [0, 0.1) is 10.1 Å². The van der Waals surface area contributed by atoms with Gasteiger partial charge in [0.15, 0.2) is 0 Å². The summed E-state index contributed by atoms with van der Waals surface area (Å²) < 4.78 is 6.05. The van der Waals surface area contributed by atoms with Crippen LogP contribution in [0.1, 0.15) is 12.8 Å². The van der Waals surface area contributed by atoms with Gasteiger partial charge in [0, 0.05) is 18.9 Å². The topological polar surface area (TPSA) is 72.6 Å². The molecule has 0 amide bonds. The Kier molecular flexibility index (Phi) is 3.11. The summed E-state index contributed by atoms with van der Waals surface area (Å²) >= 11 is 3.22. The van der Waals surface area contributed by atoms with Crippen LogP contribution in [0.25, 0.3) is 0 Å². The molecule has 0 unspecified atom stereocenters. The molecule has 1 aliphatic carbocycles. The van der Waals surface area contributed by atoms with Gasteiger partial charge in [0.05, 0.1) is 15.5 Å². The maximum Gasteiger partial charge on any atom is 0.312 e. The van der Waals surface area contributed by atoms with Crippen LogP contribution in [0.5, 0.6) is 5.75 Å². The zero-order chi connectivity index (χ0) is 11.7. The van der Waals surface area contributed by atoms with Gasteiger partial charge in [0.1, 0.15) is 6.10 Å². The minimum Gasteiger partial charge on any atom is -0.483 e. The van der Waals surface area contributed by atoms with Crippen LogP contribution in [0.15, 0.2) is 22.7 Å². The largest absolute Gasteiger partial charge is 0.483 e. The maximum atomic E-state index is 10.8. The minimum atomic E-state index is -0.477. The van der Waals surface area contributed by atoms with Gasteiger partial charge >= 0.3 is 5.69 Å². The molecule has 1 aromatic rings. The fourth-order valence-corrected chi connectivity index (χ4v) is 2.01. The predicted octanol–water partition coefficient (Wildman–Crippen LogP) is 2.26. The molecule has 1 saturated carbocycles. The van der Waals surface area contributed by atoms with Crippen LogP contribution in [0.4, 0.5) is 5.69 Å². The number of rotatable bonds is 3. The lowest BCUT2D eigenvalue weighted by molar-refractivity contribution is -0.386. The molecule has 0 spiro atoms. The van der Waals surface area contributed by atoms with Gasteiger partial charge in [-0.05, 0) is 22.0 Å². The average Bonchev–Trinajstić information content (AvgIpc) is 2.18. The summed E-state index contributed by atoms with van der Waals surface area (Å²) in [7, 11) is 0. The lowest BCUT2D eigenvalue weighted by atomic mass is 9.92. The van der Waals surface area contributed by atoms with E-state index in [0.29, 0.717) is 17.3 Å². The van der Waals surface area contributed by atoms with Gasteiger partial charge in [-0.2, -0.15) is 0 Å². The molecule has 0 bridgehead atoms. The third kappa shape index (κ3) is 2.17. The Morgan fingerprint density at radius 1 is 1.50 bits per heavy atom. The summed E-state index contributed by atoms with van der Waals surface area (Å²) in [5, 5.41) is 19.9. The van der Waals surface area contributed by atoms with Crippen molar-refractivity contribution in [2.45, 2.75) is 25.0 Å². The van der Waals surface area contributed by atoms with Crippen LogP contribution in [0.2, 0.25) is 0 Å². The van der Waals surface area contributed by atoms with Crippen LogP contribution in [-0.2, 0) is 0 Å². The Morgan fingerprint density at radius 3 is 2.75 bits per heavy atom. The van der Waals surface area contributed by atoms with Gasteiger partial charge in [0.25, 0.3) is 0 Å². The van der Waals surface area contributed by atoms with Crippen molar-refractivity contribution in [3.63, 3.8) is 0 Å². The molecule has 1 aliphatic rings. The molecule has 1 aromatic carbocycles. The first-order valence-corrected chi connectivity index (χ1v) is 5.65. The number of nitrogens with zero attached hydrogens (tertiary/aromatic N) is 1. The molecule has 0 radical (unpaired) electrons. The Hall–Kier alpha value is -1.14. The second-order valence-corrected chi connectivity index (χ2v) is 4.56. The van der Waals surface area contributed by atoms with E-state index in [4.69, 9.17) is 9.84 Å². The van der Waals surface area contributed by atoms with E-state index in [1.165, 1.54) is 6.07 Å². The zero-order valence-corrected chi connectivity index (χ0v) is 9.88. The minimum absolute atomic E-state index is 0.0595. The standard InChI is InChI=1S/C10H10BrNO4/c11-8-2-1-3-9(12(14)15)10(8)16-7-4-6(13)5-7/h1-3,6-7,13H,4-5H2. The molecule has 1 fully saturated rings. The van der Waals surface area contributed by atoms with Crippen molar-refractivity contribution < 1.29 is 14.8 Å². The first-order valence-electron chi connectivity index (χ1n) is 4.85. The molecular weight excluding hydrogens is 278 g/mol. The van der Waals surface area contributed by atoms with Crippen molar-refractivity contribution in [2.75, 3.05) is 0 Å². The number of aliphatic hydroxyl groups excluding tert-OH is 1. The van der Waals surface area contributed by atoms with E-state index in [-0.39, 0.29) is 23.6 Å². The van der Waals surface area contributed by atoms with E-state index in [0.717, 1.165) is 0 Å². The first kappa shape index (κ1) is 11.3. The number of nitro groups is 1. The lowest BCUT2D eigenvalue weighted by Crippen LogP contribution is -2.37. The molecule has 16 heavy (non-hydrogen) atoms. The van der Waals surface area contributed by atoms with E-state index in [2.05, 4.69) is 15.9 Å². The molecule has 2 rings (SSSR count). The fourth-order valence-electron chi connectivity index (χ4n) is 1.56. The number of halogens is 1. The van der Waals surface area contributed by atoms with Gasteiger partial charge in [0.2, 0.25) is 5.75 Å². The SMILES string of the molecule is O=[N+]([O-])c1cccc(Br)c1OC1CC(O)C1. The zero-order valence-electron chi connectivity index (χ0n) is 8.30. The third-order valence-electron chi connectivity index (χ3n) is 2.50. The van der Waals surface area contributed by atoms with Gasteiger partial charge in [-0.15, -0.1) is 0 Å². The highest BCUT2D eigenvalue weighted by atomic mass is 79.9. The second-order valence-electron chi connectivity index (χ2n) is 3.71. The number of ether oxygens (including phenoxy) is 1. The third-order valence-corrected chi connectivity index (χ3v) is 3.12. The maximum absolute atomic E-state index is 10.8. The van der Waals surface area contributed by atoms with Crippen LogP contribution in [0.3, 0.4) is 0 Å². The van der Waals surface area contributed by atoms with Gasteiger partial charge in [-0.3, -0.25) is 10.1 Å². The summed E-state index contributed by atoms with van der Waals surface area (Å²) in [6.45, 7) is 0. The molecule has 0 atom stereocenters. The van der Waals surface area contributed by atoms with Crippen LogP contribution >= 0.6 is 15.9 Å². The summed E-state index contributed by atoms with van der Waals surface area (Å²) in [4.78, 5) is 10.3. The molecular formula is C10H10BrNO4. The van der Waals surface area contributed by atoms with Crippen molar-refractivity contribution in [3.8, 4) is 5.75 Å². The average molecular weight is 288 g/mol. The number of benzene rings is 1. The molecule has 1 N–H and O–H groups in total. The smallest absolute Gasteiger partial charge is 0.312 e. The van der Waals surface area contributed by atoms with E-state index in [1.807, 2.05) is 0 Å². The first-order chi connectivity index (χ1) is 7.58. The van der Waals surface area contributed by atoms with Gasteiger partial charge < -0.3 is 9.84 Å². The van der Waals surface area contributed by atoms with Crippen molar-refractivity contribution in [2.24, 2.45) is 0 Å². The van der Waals surface area contributed by atoms with Crippen LogP contribution in [-0.4, -0.2) is 22.2 Å². The molecule has 0 saturated heterocycles. The number of hydrogen-bond acceptors (Lipinski definition) is 4. The fraction of sp³-hybridized carbons (Fsp3) is 0.400. The summed E-state index contributed by atoms with van der Waals surface area (Å²) in [5.41, 5.74) is -0.0595. The Morgan fingerprint density at radius 2 is 2.19 bits per heavy atom.